The van der Waals surface area contributed by atoms with Gasteiger partial charge < -0.3 is 14.2 Å². The second-order valence-electron chi connectivity index (χ2n) is 4.48. The van der Waals surface area contributed by atoms with Crippen molar-refractivity contribution in [2.75, 3.05) is 5.32 Å². The van der Waals surface area contributed by atoms with Gasteiger partial charge in [-0.15, -0.1) is 5.10 Å². The standard InChI is InChI=1S/C14H9ClFN3O4/c15-8-3-4-9(16)10(6-8)17-12(20)7-19-14(21)23-13(18-19)11-2-1-5-22-11/h1-6H,7H2,(H,17,20). The van der Waals surface area contributed by atoms with Crippen LogP contribution in [0.25, 0.3) is 11.7 Å². The normalized spacial score (nSPS) is 10.7. The fourth-order valence-electron chi connectivity index (χ4n) is 1.83. The van der Waals surface area contributed by atoms with Gasteiger partial charge in [-0.25, -0.2) is 9.18 Å². The summed E-state index contributed by atoms with van der Waals surface area (Å²) in [4.78, 5) is 23.6. The minimum atomic E-state index is -0.835. The van der Waals surface area contributed by atoms with Crippen molar-refractivity contribution >= 4 is 23.2 Å². The zero-order chi connectivity index (χ0) is 16.4. The molecule has 2 heterocycles. The zero-order valence-electron chi connectivity index (χ0n) is 11.5. The molecular weight excluding hydrogens is 329 g/mol. The minimum absolute atomic E-state index is 0.0539. The van der Waals surface area contributed by atoms with Gasteiger partial charge in [0.1, 0.15) is 12.4 Å². The minimum Gasteiger partial charge on any atom is -0.459 e. The third-order valence-electron chi connectivity index (χ3n) is 2.83. The molecule has 23 heavy (non-hydrogen) atoms. The van der Waals surface area contributed by atoms with E-state index in [1.165, 1.54) is 18.4 Å². The molecule has 0 atom stereocenters. The van der Waals surface area contributed by atoms with Crippen LogP contribution in [0.5, 0.6) is 0 Å². The highest BCUT2D eigenvalue weighted by Gasteiger charge is 2.15. The van der Waals surface area contributed by atoms with Gasteiger partial charge in [0.25, 0.3) is 5.89 Å². The van der Waals surface area contributed by atoms with Crippen LogP contribution < -0.4 is 11.1 Å². The number of nitrogens with one attached hydrogen (secondary N) is 1. The summed E-state index contributed by atoms with van der Waals surface area (Å²) >= 11 is 5.74. The summed E-state index contributed by atoms with van der Waals surface area (Å²) in [6.45, 7) is -0.449. The molecule has 7 nitrogen and oxygen atoms in total. The van der Waals surface area contributed by atoms with Crippen LogP contribution in [0.15, 0.2) is 50.2 Å². The van der Waals surface area contributed by atoms with Crippen molar-refractivity contribution in [3.8, 4) is 11.7 Å². The van der Waals surface area contributed by atoms with Gasteiger partial charge in [0.2, 0.25) is 5.91 Å². The van der Waals surface area contributed by atoms with E-state index < -0.39 is 24.0 Å². The fourth-order valence-corrected chi connectivity index (χ4v) is 2.00. The predicted molar refractivity (Wildman–Crippen MR) is 78.5 cm³/mol. The van der Waals surface area contributed by atoms with Crippen LogP contribution in [0, 0.1) is 5.82 Å². The Kier molecular flexibility index (Phi) is 3.98. The van der Waals surface area contributed by atoms with Crippen LogP contribution in [0.2, 0.25) is 5.02 Å². The smallest absolute Gasteiger partial charge is 0.437 e. The Balaban J connectivity index is 1.76. The number of amides is 1. The van der Waals surface area contributed by atoms with E-state index in [4.69, 9.17) is 20.4 Å². The zero-order valence-corrected chi connectivity index (χ0v) is 12.2. The van der Waals surface area contributed by atoms with Gasteiger partial charge in [-0.3, -0.25) is 4.79 Å². The van der Waals surface area contributed by atoms with Crippen molar-refractivity contribution in [3.63, 3.8) is 0 Å². The molecule has 1 amide bonds. The van der Waals surface area contributed by atoms with Crippen molar-refractivity contribution in [1.29, 1.82) is 0 Å². The maximum Gasteiger partial charge on any atom is 0.437 e. The van der Waals surface area contributed by atoms with E-state index >= 15 is 0 Å². The van der Waals surface area contributed by atoms with E-state index in [0.29, 0.717) is 0 Å². The molecule has 0 aliphatic carbocycles. The molecule has 0 saturated carbocycles. The maximum atomic E-state index is 13.5. The molecule has 0 aliphatic rings. The van der Waals surface area contributed by atoms with E-state index in [2.05, 4.69) is 10.4 Å². The number of hydrogen-bond acceptors (Lipinski definition) is 5. The third-order valence-corrected chi connectivity index (χ3v) is 3.07. The van der Waals surface area contributed by atoms with Crippen molar-refractivity contribution in [3.05, 3.63) is 58.0 Å². The van der Waals surface area contributed by atoms with Crippen LogP contribution in [-0.4, -0.2) is 15.7 Å². The number of rotatable bonds is 4. The van der Waals surface area contributed by atoms with Gasteiger partial charge >= 0.3 is 5.76 Å². The quantitative estimate of drug-likeness (QED) is 0.790. The molecule has 0 spiro atoms. The Hall–Kier alpha value is -2.87. The number of halogens is 2. The number of furan rings is 1. The largest absolute Gasteiger partial charge is 0.459 e. The predicted octanol–water partition coefficient (Wildman–Crippen LogP) is 2.53. The van der Waals surface area contributed by atoms with E-state index in [9.17, 15) is 14.0 Å². The summed E-state index contributed by atoms with van der Waals surface area (Å²) in [6, 6.07) is 6.88. The topological polar surface area (TPSA) is 90.3 Å². The van der Waals surface area contributed by atoms with Crippen LogP contribution >= 0.6 is 11.6 Å². The van der Waals surface area contributed by atoms with E-state index in [0.717, 1.165) is 10.7 Å². The molecule has 3 rings (SSSR count). The van der Waals surface area contributed by atoms with Gasteiger partial charge in [0.05, 0.1) is 12.0 Å². The second-order valence-corrected chi connectivity index (χ2v) is 4.92. The number of benzene rings is 1. The Morgan fingerprint density at radius 2 is 2.22 bits per heavy atom. The summed E-state index contributed by atoms with van der Waals surface area (Å²) in [5.74, 6) is -1.94. The summed E-state index contributed by atoms with van der Waals surface area (Å²) < 4.78 is 24.3. The van der Waals surface area contributed by atoms with E-state index in [-0.39, 0.29) is 22.4 Å². The fraction of sp³-hybridized carbons (Fsp3) is 0.0714. The van der Waals surface area contributed by atoms with Crippen LogP contribution in [0.3, 0.4) is 0 Å². The maximum absolute atomic E-state index is 13.5. The van der Waals surface area contributed by atoms with Gasteiger partial charge in [-0.2, -0.15) is 4.68 Å². The molecule has 0 saturated heterocycles. The molecular formula is C14H9ClFN3O4. The molecule has 0 aliphatic heterocycles. The van der Waals surface area contributed by atoms with Crippen LogP contribution in [0.1, 0.15) is 0 Å². The van der Waals surface area contributed by atoms with Gasteiger partial charge in [-0.1, -0.05) is 11.6 Å². The number of anilines is 1. The Labute approximate surface area is 133 Å². The lowest BCUT2D eigenvalue weighted by atomic mass is 10.3. The number of carbonyl (C=O) groups is 1. The first kappa shape index (κ1) is 15.0. The van der Waals surface area contributed by atoms with Crippen LogP contribution in [-0.2, 0) is 11.3 Å². The highest BCUT2D eigenvalue weighted by Crippen LogP contribution is 2.19. The molecule has 0 unspecified atom stereocenters. The molecule has 118 valence electrons. The van der Waals surface area contributed by atoms with Gasteiger partial charge in [-0.05, 0) is 30.3 Å². The first-order valence-corrected chi connectivity index (χ1v) is 6.77. The first-order valence-electron chi connectivity index (χ1n) is 6.39. The Bertz CT molecular complexity index is 901. The van der Waals surface area contributed by atoms with Gasteiger partial charge in [0, 0.05) is 5.02 Å². The summed E-state index contributed by atoms with van der Waals surface area (Å²) in [7, 11) is 0. The summed E-state index contributed by atoms with van der Waals surface area (Å²) in [6.07, 6.45) is 1.39. The number of carbonyl (C=O) groups excluding carboxylic acids is 1. The summed E-state index contributed by atoms with van der Waals surface area (Å²) in [5.41, 5.74) is -0.0923. The van der Waals surface area contributed by atoms with E-state index in [1.807, 2.05) is 0 Å². The molecule has 2 aromatic heterocycles. The molecule has 1 aromatic carbocycles. The van der Waals surface area contributed by atoms with Crippen molar-refractivity contribution in [1.82, 2.24) is 9.78 Å². The average Bonchev–Trinajstić information content (AvgIpc) is 3.13. The monoisotopic (exact) mass is 337 g/mol. The summed E-state index contributed by atoms with van der Waals surface area (Å²) in [5, 5.41) is 6.41. The Morgan fingerprint density at radius 3 is 2.96 bits per heavy atom. The first-order chi connectivity index (χ1) is 11.0. The van der Waals surface area contributed by atoms with Crippen molar-refractivity contribution in [2.45, 2.75) is 6.54 Å². The molecule has 3 aromatic rings. The highest BCUT2D eigenvalue weighted by molar-refractivity contribution is 6.30. The van der Waals surface area contributed by atoms with Crippen molar-refractivity contribution < 1.29 is 18.0 Å². The van der Waals surface area contributed by atoms with E-state index in [1.54, 1.807) is 12.1 Å². The Morgan fingerprint density at radius 1 is 1.39 bits per heavy atom. The molecule has 0 radical (unpaired) electrons. The average molecular weight is 338 g/mol. The number of nitrogens with zero attached hydrogens (tertiary/aromatic N) is 2. The lowest BCUT2D eigenvalue weighted by Crippen LogP contribution is -2.26. The SMILES string of the molecule is O=C(Cn1nc(-c2ccco2)oc1=O)Nc1cc(Cl)ccc1F. The lowest BCUT2D eigenvalue weighted by Gasteiger charge is -2.06. The lowest BCUT2D eigenvalue weighted by molar-refractivity contribution is -0.117. The van der Waals surface area contributed by atoms with Gasteiger partial charge in [0.15, 0.2) is 5.76 Å². The second kappa shape index (κ2) is 6.09. The molecule has 1 N–H and O–H groups in total. The molecule has 9 heteroatoms. The number of hydrogen-bond donors (Lipinski definition) is 1. The highest BCUT2D eigenvalue weighted by atomic mass is 35.5. The third kappa shape index (κ3) is 3.32. The van der Waals surface area contributed by atoms with Crippen molar-refractivity contribution in [2.24, 2.45) is 0 Å². The molecule has 0 bridgehead atoms. The van der Waals surface area contributed by atoms with Crippen LogP contribution in [0.4, 0.5) is 10.1 Å². The molecule has 0 fully saturated rings. The number of aromatic nitrogens is 2.